The molecule has 0 heterocycles. The molecule has 0 saturated carbocycles. The first-order valence-corrected chi connectivity index (χ1v) is 14.4. The number of benzene rings is 4. The lowest BCUT2D eigenvalue weighted by Crippen LogP contribution is -2.14. The maximum atomic E-state index is 12.2. The Morgan fingerprint density at radius 2 is 0.861 bits per heavy atom. The lowest BCUT2D eigenvalue weighted by molar-refractivity contribution is 0.599. The molecule has 2 N–H and O–H groups in total. The lowest BCUT2D eigenvalue weighted by Gasteiger charge is -2.10. The molecule has 0 fully saturated rings. The molecule has 0 spiro atoms. The molecule has 36 heavy (non-hydrogen) atoms. The Morgan fingerprint density at radius 1 is 0.528 bits per heavy atom. The van der Waals surface area contributed by atoms with Gasteiger partial charge >= 0.3 is 0 Å². The Hall–Kier alpha value is -3.04. The first kappa shape index (κ1) is 27.5. The van der Waals surface area contributed by atoms with Gasteiger partial charge in [0.2, 0.25) is 0 Å². The molecule has 0 radical (unpaired) electrons. The van der Waals surface area contributed by atoms with Crippen molar-refractivity contribution in [3.05, 3.63) is 118 Å². The highest BCUT2D eigenvalue weighted by molar-refractivity contribution is 7.93. The van der Waals surface area contributed by atoms with Crippen LogP contribution >= 0.6 is 23.2 Å². The fraction of sp³-hybridized carbons (Fsp3) is 0.0769. The molecule has 4 aromatic carbocycles. The minimum absolute atomic E-state index is 0.232. The van der Waals surface area contributed by atoms with E-state index in [1.165, 1.54) is 12.1 Å². The number of para-hydroxylation sites is 2. The van der Waals surface area contributed by atoms with E-state index in [1.807, 2.05) is 12.1 Å². The molecule has 0 saturated heterocycles. The van der Waals surface area contributed by atoms with Crippen molar-refractivity contribution >= 4 is 54.6 Å². The highest BCUT2D eigenvalue weighted by atomic mass is 35.5. The van der Waals surface area contributed by atoms with Crippen LogP contribution in [0.25, 0.3) is 0 Å². The van der Waals surface area contributed by atoms with Crippen molar-refractivity contribution in [1.82, 2.24) is 0 Å². The maximum Gasteiger partial charge on any atom is 0.262 e. The summed E-state index contributed by atoms with van der Waals surface area (Å²) in [4.78, 5) is 0.464. The predicted octanol–water partition coefficient (Wildman–Crippen LogP) is 6.90. The van der Waals surface area contributed by atoms with Gasteiger partial charge in [0.1, 0.15) is 0 Å². The van der Waals surface area contributed by atoms with E-state index in [9.17, 15) is 16.8 Å². The number of sulfonamides is 2. The lowest BCUT2D eigenvalue weighted by atomic mass is 10.2. The Kier molecular flexibility index (Phi) is 9.03. The van der Waals surface area contributed by atoms with Crippen LogP contribution in [0.3, 0.4) is 0 Å². The van der Waals surface area contributed by atoms with Crippen LogP contribution in [0.5, 0.6) is 0 Å². The first-order valence-electron chi connectivity index (χ1n) is 10.7. The summed E-state index contributed by atoms with van der Waals surface area (Å²) < 4.78 is 53.8. The van der Waals surface area contributed by atoms with E-state index in [2.05, 4.69) is 9.44 Å². The molecule has 0 amide bonds. The Morgan fingerprint density at radius 3 is 1.17 bits per heavy atom. The molecule has 0 atom stereocenters. The van der Waals surface area contributed by atoms with E-state index in [-0.39, 0.29) is 9.79 Å². The van der Waals surface area contributed by atoms with Gasteiger partial charge in [0.25, 0.3) is 20.0 Å². The summed E-state index contributed by atoms with van der Waals surface area (Å²) in [5, 5.41) is 1.04. The molecular formula is C26H24Cl2N2O4S2. The molecule has 0 bridgehead atoms. The molecule has 4 aromatic rings. The standard InChI is InChI=1S/2C13H12ClNO2S/c2*1-10-9-11(14)7-8-13(10)18(16,17)15-12-5-3-2-4-6-12/h2*2-9,15H,1H3. The fourth-order valence-electron chi connectivity index (χ4n) is 3.26. The molecule has 6 nitrogen and oxygen atoms in total. The molecule has 10 heteroatoms. The number of nitrogens with one attached hydrogen (secondary N) is 2. The quantitative estimate of drug-likeness (QED) is 0.267. The largest absolute Gasteiger partial charge is 0.280 e. The van der Waals surface area contributed by atoms with E-state index in [0.29, 0.717) is 32.5 Å². The molecule has 0 aliphatic heterocycles. The van der Waals surface area contributed by atoms with Crippen molar-refractivity contribution < 1.29 is 16.8 Å². The smallest absolute Gasteiger partial charge is 0.262 e. The molecule has 0 aliphatic carbocycles. The summed E-state index contributed by atoms with van der Waals surface area (Å²) in [5.74, 6) is 0. The first-order chi connectivity index (χ1) is 17.0. The van der Waals surface area contributed by atoms with E-state index in [0.717, 1.165) is 0 Å². The number of rotatable bonds is 6. The van der Waals surface area contributed by atoms with Crippen LogP contribution in [0.15, 0.2) is 107 Å². The highest BCUT2D eigenvalue weighted by Crippen LogP contribution is 2.23. The number of aryl methyl sites for hydroxylation is 2. The molecule has 4 rings (SSSR count). The minimum atomic E-state index is -3.57. The van der Waals surface area contributed by atoms with Gasteiger partial charge < -0.3 is 0 Å². The third-order valence-corrected chi connectivity index (χ3v) is 8.46. The zero-order valence-electron chi connectivity index (χ0n) is 19.4. The average molecular weight is 564 g/mol. The van der Waals surface area contributed by atoms with Gasteiger partial charge in [-0.2, -0.15) is 0 Å². The monoisotopic (exact) mass is 562 g/mol. The summed E-state index contributed by atoms with van der Waals surface area (Å²) in [6, 6.07) is 26.9. The Balaban J connectivity index is 0.000000201. The van der Waals surface area contributed by atoms with E-state index < -0.39 is 20.0 Å². The molecule has 0 aliphatic rings. The topological polar surface area (TPSA) is 92.3 Å². The summed E-state index contributed by atoms with van der Waals surface area (Å²) in [7, 11) is -7.14. The van der Waals surface area contributed by atoms with Crippen molar-refractivity contribution in [2.75, 3.05) is 9.44 Å². The molecular weight excluding hydrogens is 539 g/mol. The second-order valence-electron chi connectivity index (χ2n) is 7.76. The van der Waals surface area contributed by atoms with Gasteiger partial charge in [-0.25, -0.2) is 16.8 Å². The second-order valence-corrected chi connectivity index (χ2v) is 11.9. The minimum Gasteiger partial charge on any atom is -0.280 e. The summed E-state index contributed by atoms with van der Waals surface area (Å²) in [6.07, 6.45) is 0. The fourth-order valence-corrected chi connectivity index (χ4v) is 6.29. The van der Waals surface area contributed by atoms with Crippen molar-refractivity contribution in [2.45, 2.75) is 23.6 Å². The van der Waals surface area contributed by atoms with Crippen molar-refractivity contribution in [1.29, 1.82) is 0 Å². The van der Waals surface area contributed by atoms with Gasteiger partial charge in [0.05, 0.1) is 9.79 Å². The Labute approximate surface area is 222 Å². The summed E-state index contributed by atoms with van der Waals surface area (Å²) in [5.41, 5.74) is 2.30. The van der Waals surface area contributed by atoms with Crippen molar-refractivity contribution in [3.63, 3.8) is 0 Å². The van der Waals surface area contributed by atoms with Crippen LogP contribution in [0.2, 0.25) is 10.0 Å². The zero-order valence-corrected chi connectivity index (χ0v) is 22.6. The Bertz CT molecular complexity index is 1430. The third-order valence-electron chi connectivity index (χ3n) is 4.90. The number of hydrogen-bond acceptors (Lipinski definition) is 4. The predicted molar refractivity (Wildman–Crippen MR) is 147 cm³/mol. The summed E-state index contributed by atoms with van der Waals surface area (Å²) in [6.45, 7) is 3.43. The van der Waals surface area contributed by atoms with Crippen LogP contribution < -0.4 is 9.44 Å². The number of hydrogen-bond donors (Lipinski definition) is 2. The summed E-state index contributed by atoms with van der Waals surface area (Å²) >= 11 is 11.6. The highest BCUT2D eigenvalue weighted by Gasteiger charge is 2.17. The van der Waals surface area contributed by atoms with Crippen molar-refractivity contribution in [3.8, 4) is 0 Å². The molecule has 0 unspecified atom stereocenters. The van der Waals surface area contributed by atoms with Crippen LogP contribution in [-0.2, 0) is 20.0 Å². The van der Waals surface area contributed by atoms with Gasteiger partial charge in [0, 0.05) is 21.4 Å². The molecule has 188 valence electrons. The van der Waals surface area contributed by atoms with Crippen LogP contribution in [0.1, 0.15) is 11.1 Å². The molecule has 0 aromatic heterocycles. The second kappa shape index (κ2) is 11.8. The van der Waals surface area contributed by atoms with E-state index >= 15 is 0 Å². The van der Waals surface area contributed by atoms with Crippen LogP contribution in [0.4, 0.5) is 11.4 Å². The van der Waals surface area contributed by atoms with Crippen LogP contribution in [-0.4, -0.2) is 16.8 Å². The number of anilines is 2. The van der Waals surface area contributed by atoms with Gasteiger partial charge in [-0.15, -0.1) is 0 Å². The van der Waals surface area contributed by atoms with Gasteiger partial charge in [-0.3, -0.25) is 9.44 Å². The number of halogens is 2. The SMILES string of the molecule is Cc1cc(Cl)ccc1S(=O)(=O)Nc1ccccc1.Cc1cc(Cl)ccc1S(=O)(=O)Nc1ccccc1. The normalized spacial score (nSPS) is 11.2. The van der Waals surface area contributed by atoms with Crippen molar-refractivity contribution in [2.24, 2.45) is 0 Å². The van der Waals surface area contributed by atoms with Gasteiger partial charge in [-0.1, -0.05) is 59.6 Å². The van der Waals surface area contributed by atoms with Crippen LogP contribution in [0, 0.1) is 13.8 Å². The third kappa shape index (κ3) is 7.48. The zero-order chi connectivity index (χ0) is 26.3. The van der Waals surface area contributed by atoms with Gasteiger partial charge in [0.15, 0.2) is 0 Å². The van der Waals surface area contributed by atoms with E-state index in [1.54, 1.807) is 86.6 Å². The van der Waals surface area contributed by atoms with Gasteiger partial charge in [-0.05, 0) is 85.6 Å². The average Bonchev–Trinajstić information content (AvgIpc) is 2.79. The maximum absolute atomic E-state index is 12.2. The van der Waals surface area contributed by atoms with E-state index in [4.69, 9.17) is 23.2 Å².